The van der Waals surface area contributed by atoms with Gasteiger partial charge in [-0.1, -0.05) is 0 Å². The molecule has 2 N–H and O–H groups in total. The third-order valence-corrected chi connectivity index (χ3v) is 3.31. The molecule has 0 aliphatic carbocycles. The van der Waals surface area contributed by atoms with Gasteiger partial charge in [0.15, 0.2) is 0 Å². The summed E-state index contributed by atoms with van der Waals surface area (Å²) in [4.78, 5) is 16.0. The molecule has 21 heavy (non-hydrogen) atoms. The van der Waals surface area contributed by atoms with Gasteiger partial charge in [-0.15, -0.1) is 0 Å². The van der Waals surface area contributed by atoms with Crippen molar-refractivity contribution in [2.75, 3.05) is 5.73 Å². The smallest absolute Gasteiger partial charge is 0.374 e. The van der Waals surface area contributed by atoms with Gasteiger partial charge in [-0.3, -0.25) is 4.98 Å². The number of fused-ring (bicyclic) bond motifs is 1. The molecule has 0 bridgehead atoms. The number of hydrogen-bond acceptors (Lipinski definition) is 5. The summed E-state index contributed by atoms with van der Waals surface area (Å²) in [7, 11) is 0. The van der Waals surface area contributed by atoms with Crippen LogP contribution >= 0.6 is 15.9 Å². The minimum atomic E-state index is -0.523. The zero-order valence-corrected chi connectivity index (χ0v) is 12.5. The van der Waals surface area contributed by atoms with Crippen LogP contribution in [0.4, 0.5) is 5.69 Å². The molecule has 0 unspecified atom stereocenters. The normalized spacial score (nSPS) is 10.7. The number of pyridine rings is 1. The van der Waals surface area contributed by atoms with Gasteiger partial charge in [0.05, 0.1) is 0 Å². The first-order chi connectivity index (χ1) is 10.1. The van der Waals surface area contributed by atoms with Gasteiger partial charge >= 0.3 is 5.97 Å². The Morgan fingerprint density at radius 3 is 2.95 bits per heavy atom. The fraction of sp³-hybridized carbons (Fsp3) is 0.0667. The van der Waals surface area contributed by atoms with Gasteiger partial charge in [-0.25, -0.2) is 4.79 Å². The van der Waals surface area contributed by atoms with Gasteiger partial charge < -0.3 is 14.9 Å². The molecule has 2 aromatic heterocycles. The number of halogens is 1. The molecule has 0 amide bonds. The van der Waals surface area contributed by atoms with Crippen molar-refractivity contribution < 1.29 is 13.9 Å². The van der Waals surface area contributed by atoms with Gasteiger partial charge in [0.2, 0.25) is 5.76 Å². The Labute approximate surface area is 128 Å². The van der Waals surface area contributed by atoms with E-state index < -0.39 is 5.97 Å². The van der Waals surface area contributed by atoms with Crippen LogP contribution in [0.15, 0.2) is 51.6 Å². The predicted molar refractivity (Wildman–Crippen MR) is 81.7 cm³/mol. The molecule has 3 rings (SSSR count). The Bertz CT molecular complexity index is 814. The molecule has 0 saturated carbocycles. The monoisotopic (exact) mass is 346 g/mol. The molecule has 3 aromatic rings. The zero-order valence-electron chi connectivity index (χ0n) is 10.9. The first kappa shape index (κ1) is 13.6. The standard InChI is InChI=1S/C15H11BrN2O3/c16-11-3-9(6-18-7-11)8-20-15(19)14-5-10-4-12(17)1-2-13(10)21-14/h1-7H,8,17H2. The summed E-state index contributed by atoms with van der Waals surface area (Å²) in [5, 5.41) is 0.770. The van der Waals surface area contributed by atoms with Crippen LogP contribution in [0.25, 0.3) is 11.0 Å². The van der Waals surface area contributed by atoms with Crippen molar-refractivity contribution in [3.8, 4) is 0 Å². The number of furan rings is 1. The van der Waals surface area contributed by atoms with Crippen molar-refractivity contribution in [1.82, 2.24) is 4.98 Å². The summed E-state index contributed by atoms with van der Waals surface area (Å²) in [6, 6.07) is 8.63. The first-order valence-corrected chi connectivity index (χ1v) is 6.97. The molecule has 0 spiro atoms. The molecule has 1 aromatic carbocycles. The van der Waals surface area contributed by atoms with Gasteiger partial charge in [0, 0.05) is 33.5 Å². The van der Waals surface area contributed by atoms with Crippen molar-refractivity contribution in [2.45, 2.75) is 6.61 Å². The lowest BCUT2D eigenvalue weighted by Crippen LogP contribution is -2.04. The Balaban J connectivity index is 1.74. The molecule has 0 aliphatic heterocycles. The molecule has 6 heteroatoms. The Hall–Kier alpha value is -2.34. The molecule has 0 aliphatic rings. The van der Waals surface area contributed by atoms with Crippen LogP contribution in [-0.4, -0.2) is 11.0 Å². The Kier molecular flexibility index (Phi) is 3.62. The number of nitrogens with two attached hydrogens (primary N) is 1. The van der Waals surface area contributed by atoms with Crippen LogP contribution in [-0.2, 0) is 11.3 Å². The topological polar surface area (TPSA) is 78.3 Å². The SMILES string of the molecule is Nc1ccc2oc(C(=O)OCc3cncc(Br)c3)cc2c1. The third-order valence-electron chi connectivity index (χ3n) is 2.87. The van der Waals surface area contributed by atoms with Crippen molar-refractivity contribution in [1.29, 1.82) is 0 Å². The first-order valence-electron chi connectivity index (χ1n) is 6.17. The number of carbonyl (C=O) groups is 1. The van der Waals surface area contributed by atoms with Crippen LogP contribution in [0.5, 0.6) is 0 Å². The summed E-state index contributed by atoms with van der Waals surface area (Å²) in [6.07, 6.45) is 3.30. The number of nitrogen functional groups attached to an aromatic ring is 1. The minimum absolute atomic E-state index is 0.129. The highest BCUT2D eigenvalue weighted by Crippen LogP contribution is 2.22. The van der Waals surface area contributed by atoms with Crippen LogP contribution in [0, 0.1) is 0 Å². The van der Waals surface area contributed by atoms with E-state index in [9.17, 15) is 4.79 Å². The molecule has 0 saturated heterocycles. The van der Waals surface area contributed by atoms with Crippen LogP contribution in [0.2, 0.25) is 0 Å². The third kappa shape index (κ3) is 3.05. The fourth-order valence-electron chi connectivity index (χ4n) is 1.92. The largest absolute Gasteiger partial charge is 0.455 e. The highest BCUT2D eigenvalue weighted by molar-refractivity contribution is 9.10. The molecule has 0 atom stereocenters. The average Bonchev–Trinajstić information content (AvgIpc) is 2.88. The van der Waals surface area contributed by atoms with E-state index >= 15 is 0 Å². The summed E-state index contributed by atoms with van der Waals surface area (Å²) >= 11 is 3.31. The number of aromatic nitrogens is 1. The highest BCUT2D eigenvalue weighted by atomic mass is 79.9. The predicted octanol–water partition coefficient (Wildman–Crippen LogP) is 3.53. The van der Waals surface area contributed by atoms with Crippen LogP contribution in [0.3, 0.4) is 0 Å². The van der Waals surface area contributed by atoms with Crippen LogP contribution in [0.1, 0.15) is 16.1 Å². The number of hydrogen-bond donors (Lipinski definition) is 1. The maximum atomic E-state index is 12.0. The van der Waals surface area contributed by atoms with Crippen molar-refractivity contribution >= 4 is 38.6 Å². The lowest BCUT2D eigenvalue weighted by molar-refractivity contribution is 0.0438. The number of ether oxygens (including phenoxy) is 1. The van der Waals surface area contributed by atoms with E-state index in [2.05, 4.69) is 20.9 Å². The van der Waals surface area contributed by atoms with E-state index in [-0.39, 0.29) is 12.4 Å². The van der Waals surface area contributed by atoms with E-state index in [1.54, 1.807) is 36.7 Å². The molecule has 0 radical (unpaired) electrons. The highest BCUT2D eigenvalue weighted by Gasteiger charge is 2.14. The molecule has 5 nitrogen and oxygen atoms in total. The average molecular weight is 347 g/mol. The number of rotatable bonds is 3. The Morgan fingerprint density at radius 1 is 1.29 bits per heavy atom. The number of carbonyl (C=O) groups excluding carboxylic acids is 1. The summed E-state index contributed by atoms with van der Waals surface area (Å²) in [5.41, 5.74) is 7.69. The number of esters is 1. The van der Waals surface area contributed by atoms with E-state index in [1.807, 2.05) is 6.07 Å². The van der Waals surface area contributed by atoms with Crippen molar-refractivity contribution in [3.05, 3.63) is 58.5 Å². The molecule has 106 valence electrons. The number of benzene rings is 1. The second kappa shape index (κ2) is 5.57. The maximum absolute atomic E-state index is 12.0. The van der Waals surface area contributed by atoms with E-state index in [0.29, 0.717) is 11.3 Å². The van der Waals surface area contributed by atoms with Gasteiger partial charge in [-0.05, 0) is 46.3 Å². The lowest BCUT2D eigenvalue weighted by Gasteiger charge is -2.02. The molecule has 2 heterocycles. The van der Waals surface area contributed by atoms with E-state index in [1.165, 1.54) is 0 Å². The summed E-state index contributed by atoms with van der Waals surface area (Å²) in [6.45, 7) is 0.129. The number of anilines is 1. The van der Waals surface area contributed by atoms with Gasteiger partial charge in [0.25, 0.3) is 0 Å². The number of nitrogens with zero attached hydrogens (tertiary/aromatic N) is 1. The van der Waals surface area contributed by atoms with Crippen LogP contribution < -0.4 is 5.73 Å². The summed E-state index contributed by atoms with van der Waals surface area (Å²) in [5.74, 6) is -0.372. The zero-order chi connectivity index (χ0) is 14.8. The van der Waals surface area contributed by atoms with E-state index in [0.717, 1.165) is 15.4 Å². The summed E-state index contributed by atoms with van der Waals surface area (Å²) < 4.78 is 11.5. The van der Waals surface area contributed by atoms with E-state index in [4.69, 9.17) is 14.9 Å². The second-order valence-corrected chi connectivity index (χ2v) is 5.41. The van der Waals surface area contributed by atoms with Crippen molar-refractivity contribution in [3.63, 3.8) is 0 Å². The quantitative estimate of drug-likeness (QED) is 0.579. The van der Waals surface area contributed by atoms with Gasteiger partial charge in [-0.2, -0.15) is 0 Å². The molecular weight excluding hydrogens is 336 g/mol. The second-order valence-electron chi connectivity index (χ2n) is 4.50. The van der Waals surface area contributed by atoms with Gasteiger partial charge in [0.1, 0.15) is 12.2 Å². The fourth-order valence-corrected chi connectivity index (χ4v) is 2.33. The molecule has 0 fully saturated rings. The minimum Gasteiger partial charge on any atom is -0.455 e. The molecular formula is C15H11BrN2O3. The maximum Gasteiger partial charge on any atom is 0.374 e. The van der Waals surface area contributed by atoms with Crippen molar-refractivity contribution in [2.24, 2.45) is 0 Å². The Morgan fingerprint density at radius 2 is 2.14 bits per heavy atom. The lowest BCUT2D eigenvalue weighted by atomic mass is 10.2.